The Kier molecular flexibility index (Phi) is 1.96. The summed E-state index contributed by atoms with van der Waals surface area (Å²) in [6.07, 6.45) is 4.82. The minimum atomic E-state index is 0.121. The van der Waals surface area contributed by atoms with Gasteiger partial charge >= 0.3 is 0 Å². The predicted octanol–water partition coefficient (Wildman–Crippen LogP) is 1.67. The maximum Gasteiger partial charge on any atom is 0.258 e. The zero-order valence-electron chi connectivity index (χ0n) is 9.67. The smallest absolute Gasteiger partial charge is 0.258 e. The van der Waals surface area contributed by atoms with Crippen molar-refractivity contribution < 1.29 is 4.74 Å². The fourth-order valence-electron chi connectivity index (χ4n) is 2.65. The number of hydrogen-bond acceptors (Lipinski definition) is 2. The van der Waals surface area contributed by atoms with Gasteiger partial charge in [-0.25, -0.2) is 0 Å². The lowest BCUT2D eigenvalue weighted by Crippen LogP contribution is -2.27. The van der Waals surface area contributed by atoms with Crippen molar-refractivity contribution in [2.24, 2.45) is 7.05 Å². The first-order valence-corrected chi connectivity index (χ1v) is 5.73. The summed E-state index contributed by atoms with van der Waals surface area (Å²) in [5.41, 5.74) is 4.37. The van der Waals surface area contributed by atoms with Crippen LogP contribution < -0.4 is 10.3 Å². The molecule has 1 aromatic rings. The second-order valence-corrected chi connectivity index (χ2v) is 4.65. The molecular weight excluding hydrogens is 202 g/mol. The second kappa shape index (κ2) is 3.24. The van der Waals surface area contributed by atoms with Crippen LogP contribution in [0, 0.1) is 0 Å². The van der Waals surface area contributed by atoms with Crippen LogP contribution in [-0.4, -0.2) is 11.2 Å². The molecule has 84 valence electrons. The number of fused-ring (bicyclic) bond motifs is 3. The second-order valence-electron chi connectivity index (χ2n) is 4.65. The average Bonchev–Trinajstić information content (AvgIpc) is 2.68. The molecule has 0 N–H and O–H groups in total. The molecule has 2 aliphatic rings. The third kappa shape index (κ3) is 1.17. The predicted molar refractivity (Wildman–Crippen MR) is 62.9 cm³/mol. The Hall–Kier alpha value is -1.51. The van der Waals surface area contributed by atoms with E-state index in [1.54, 1.807) is 4.57 Å². The molecule has 0 amide bonds. The molecule has 1 aliphatic heterocycles. The van der Waals surface area contributed by atoms with Gasteiger partial charge in [0.25, 0.3) is 5.56 Å². The van der Waals surface area contributed by atoms with Gasteiger partial charge in [0.1, 0.15) is 5.75 Å². The summed E-state index contributed by atoms with van der Waals surface area (Å²) in [5, 5.41) is 0. The first-order chi connectivity index (χ1) is 7.68. The molecule has 0 radical (unpaired) electrons. The minimum Gasteiger partial charge on any atom is -0.491 e. The highest BCUT2D eigenvalue weighted by Gasteiger charge is 2.25. The van der Waals surface area contributed by atoms with E-state index in [2.05, 4.69) is 6.92 Å². The Balaban J connectivity index is 2.33. The van der Waals surface area contributed by atoms with Crippen molar-refractivity contribution in [1.82, 2.24) is 4.57 Å². The molecule has 16 heavy (non-hydrogen) atoms. The topological polar surface area (TPSA) is 31.2 Å². The van der Waals surface area contributed by atoms with E-state index in [1.165, 1.54) is 5.57 Å². The summed E-state index contributed by atoms with van der Waals surface area (Å²) in [7, 11) is 1.84. The van der Waals surface area contributed by atoms with Crippen molar-refractivity contribution in [3.63, 3.8) is 0 Å². The van der Waals surface area contributed by atoms with Crippen molar-refractivity contribution in [2.45, 2.75) is 26.2 Å². The molecule has 0 aromatic carbocycles. The molecule has 0 saturated heterocycles. The molecule has 2 heterocycles. The van der Waals surface area contributed by atoms with E-state index in [-0.39, 0.29) is 5.56 Å². The van der Waals surface area contributed by atoms with Crippen LogP contribution in [0.3, 0.4) is 0 Å². The Morgan fingerprint density at radius 2 is 2.25 bits per heavy atom. The van der Waals surface area contributed by atoms with Crippen LogP contribution in [0.5, 0.6) is 5.75 Å². The van der Waals surface area contributed by atoms with Gasteiger partial charge in [-0.05, 0) is 32.3 Å². The summed E-state index contributed by atoms with van der Waals surface area (Å²) < 4.78 is 7.51. The molecule has 0 bridgehead atoms. The number of hydrogen-bond donors (Lipinski definition) is 0. The SMILES string of the molecule is CC1=Cc2c(c3c(n(C)c2=O)CCCO3)C1. The molecule has 1 aliphatic carbocycles. The normalized spacial score (nSPS) is 17.5. The van der Waals surface area contributed by atoms with Crippen molar-refractivity contribution in [2.75, 3.05) is 6.61 Å². The van der Waals surface area contributed by atoms with E-state index in [4.69, 9.17) is 4.74 Å². The van der Waals surface area contributed by atoms with Crippen LogP contribution in [0.25, 0.3) is 6.08 Å². The summed E-state index contributed by atoms with van der Waals surface area (Å²) in [6, 6.07) is 0. The average molecular weight is 217 g/mol. The Bertz CT molecular complexity index is 552. The number of rotatable bonds is 0. The van der Waals surface area contributed by atoms with Crippen LogP contribution in [-0.2, 0) is 19.9 Å². The van der Waals surface area contributed by atoms with Gasteiger partial charge in [-0.2, -0.15) is 0 Å². The molecule has 0 atom stereocenters. The van der Waals surface area contributed by atoms with Gasteiger partial charge in [-0.15, -0.1) is 0 Å². The summed E-state index contributed by atoms with van der Waals surface area (Å²) in [4.78, 5) is 12.1. The molecule has 3 nitrogen and oxygen atoms in total. The van der Waals surface area contributed by atoms with Gasteiger partial charge < -0.3 is 9.30 Å². The number of ether oxygens (including phenoxy) is 1. The van der Waals surface area contributed by atoms with E-state index in [9.17, 15) is 4.79 Å². The van der Waals surface area contributed by atoms with Crippen LogP contribution in [0.2, 0.25) is 0 Å². The van der Waals surface area contributed by atoms with Crippen molar-refractivity contribution in [1.29, 1.82) is 0 Å². The zero-order valence-corrected chi connectivity index (χ0v) is 9.67. The Labute approximate surface area is 94.4 Å². The quantitative estimate of drug-likeness (QED) is 0.662. The zero-order chi connectivity index (χ0) is 11.3. The highest BCUT2D eigenvalue weighted by atomic mass is 16.5. The third-order valence-corrected chi connectivity index (χ3v) is 3.45. The lowest BCUT2D eigenvalue weighted by Gasteiger charge is -2.22. The maximum atomic E-state index is 12.1. The van der Waals surface area contributed by atoms with Crippen molar-refractivity contribution in [3.8, 4) is 5.75 Å². The number of pyridine rings is 1. The highest BCUT2D eigenvalue weighted by molar-refractivity contribution is 5.67. The van der Waals surface area contributed by atoms with Crippen molar-refractivity contribution >= 4 is 6.08 Å². The number of nitrogens with zero attached hydrogens (tertiary/aromatic N) is 1. The van der Waals surface area contributed by atoms with Crippen LogP contribution in [0.1, 0.15) is 30.2 Å². The summed E-state index contributed by atoms with van der Waals surface area (Å²) >= 11 is 0. The molecule has 3 rings (SSSR count). The van der Waals surface area contributed by atoms with E-state index in [0.717, 1.165) is 48.4 Å². The summed E-state index contributed by atoms with van der Waals surface area (Å²) in [6.45, 7) is 2.84. The summed E-state index contributed by atoms with van der Waals surface area (Å²) in [5.74, 6) is 0.969. The lowest BCUT2D eigenvalue weighted by molar-refractivity contribution is 0.277. The highest BCUT2D eigenvalue weighted by Crippen LogP contribution is 2.35. The van der Waals surface area contributed by atoms with Gasteiger partial charge in [0, 0.05) is 18.2 Å². The van der Waals surface area contributed by atoms with E-state index < -0.39 is 0 Å². The van der Waals surface area contributed by atoms with Crippen LogP contribution in [0.15, 0.2) is 10.4 Å². The Morgan fingerprint density at radius 3 is 3.06 bits per heavy atom. The van der Waals surface area contributed by atoms with E-state index in [0.29, 0.717) is 0 Å². The molecule has 1 aromatic heterocycles. The molecule has 0 unspecified atom stereocenters. The molecule has 0 fully saturated rings. The Morgan fingerprint density at radius 1 is 1.44 bits per heavy atom. The van der Waals surface area contributed by atoms with Gasteiger partial charge in [0.05, 0.1) is 12.3 Å². The standard InChI is InChI=1S/C13H15NO2/c1-8-6-9-10(7-8)13(15)14(2)11-4-3-5-16-12(9)11/h7H,3-6H2,1-2H3. The first kappa shape index (κ1) is 9.70. The fourth-order valence-corrected chi connectivity index (χ4v) is 2.65. The van der Waals surface area contributed by atoms with Crippen LogP contribution >= 0.6 is 0 Å². The molecule has 0 saturated carbocycles. The van der Waals surface area contributed by atoms with Crippen LogP contribution in [0.4, 0.5) is 0 Å². The van der Waals surface area contributed by atoms with Gasteiger partial charge in [0.15, 0.2) is 0 Å². The number of allylic oxidation sites excluding steroid dienone is 1. The number of aromatic nitrogens is 1. The van der Waals surface area contributed by atoms with Gasteiger partial charge in [-0.3, -0.25) is 4.79 Å². The van der Waals surface area contributed by atoms with E-state index in [1.807, 2.05) is 13.1 Å². The van der Waals surface area contributed by atoms with Crippen molar-refractivity contribution in [3.05, 3.63) is 32.7 Å². The minimum absolute atomic E-state index is 0.121. The fraction of sp³-hybridized carbons (Fsp3) is 0.462. The lowest BCUT2D eigenvalue weighted by atomic mass is 10.0. The molecular formula is C13H15NO2. The third-order valence-electron chi connectivity index (χ3n) is 3.45. The molecule has 3 heteroatoms. The molecule has 0 spiro atoms. The monoisotopic (exact) mass is 217 g/mol. The first-order valence-electron chi connectivity index (χ1n) is 5.73. The maximum absolute atomic E-state index is 12.1. The largest absolute Gasteiger partial charge is 0.491 e. The van der Waals surface area contributed by atoms with Gasteiger partial charge in [-0.1, -0.05) is 5.57 Å². The van der Waals surface area contributed by atoms with Gasteiger partial charge in [0.2, 0.25) is 0 Å². The van der Waals surface area contributed by atoms with E-state index >= 15 is 0 Å².